The molecule has 2 aromatic rings. The largest absolute Gasteiger partial charge is 0.293 e. The van der Waals surface area contributed by atoms with Crippen LogP contribution >= 0.6 is 0 Å². The van der Waals surface area contributed by atoms with Crippen molar-refractivity contribution in [2.75, 3.05) is 10.8 Å². The zero-order valence-corrected chi connectivity index (χ0v) is 15.9. The fourth-order valence-corrected chi connectivity index (χ4v) is 4.68. The lowest BCUT2D eigenvalue weighted by atomic mass is 10.1. The van der Waals surface area contributed by atoms with Crippen molar-refractivity contribution in [3.8, 4) is 0 Å². The third kappa shape index (κ3) is 4.07. The summed E-state index contributed by atoms with van der Waals surface area (Å²) in [5, 5.41) is 11.3. The number of nitrogens with two attached hydrogens (primary N) is 1. The summed E-state index contributed by atoms with van der Waals surface area (Å²) >= 11 is 0. The molecule has 2 rings (SSSR count). The monoisotopic (exact) mass is 392 g/mol. The number of nitro benzene ring substituents is 1. The summed E-state index contributed by atoms with van der Waals surface area (Å²) in [7, 11) is -4.42. The van der Waals surface area contributed by atoms with Gasteiger partial charge >= 0.3 is 0 Å². The molecule has 144 valence electrons. The van der Waals surface area contributed by atoms with Gasteiger partial charge in [-0.25, -0.2) is 14.3 Å². The average Bonchev–Trinajstić information content (AvgIpc) is 2.59. The zero-order chi connectivity index (χ0) is 20.4. The molecule has 0 aliphatic rings. The van der Waals surface area contributed by atoms with E-state index < -0.39 is 38.0 Å². The van der Waals surface area contributed by atoms with Crippen LogP contribution in [-0.4, -0.2) is 25.8 Å². The molecule has 0 aliphatic carbocycles. The Kier molecular flexibility index (Phi) is 5.82. The summed E-state index contributed by atoms with van der Waals surface area (Å²) < 4.78 is 27.4. The van der Waals surface area contributed by atoms with Crippen molar-refractivity contribution in [2.24, 2.45) is 5.84 Å². The Balaban J connectivity index is 2.76. The number of benzene rings is 2. The SMILES string of the molecule is Cc1cc(C)c(N(CC(=O)NN)S(=O)(=O)c2ccccc2[N+](=O)[O-])c(C)c1. The van der Waals surface area contributed by atoms with E-state index >= 15 is 0 Å². The molecule has 3 N–H and O–H groups in total. The molecule has 9 nitrogen and oxygen atoms in total. The molecule has 0 saturated heterocycles. The average molecular weight is 392 g/mol. The number of hydrogen-bond acceptors (Lipinski definition) is 6. The Labute approximate surface area is 157 Å². The standard InChI is InChI=1S/C17H20N4O5S/c1-11-8-12(2)17(13(3)9-11)20(10-16(22)19-18)27(25,26)15-7-5-4-6-14(15)21(23)24/h4-9H,10,18H2,1-3H3,(H,19,22). The number of nitrogens with zero attached hydrogens (tertiary/aromatic N) is 2. The lowest BCUT2D eigenvalue weighted by Crippen LogP contribution is -2.43. The molecule has 1 amide bonds. The van der Waals surface area contributed by atoms with Gasteiger partial charge in [0.05, 0.1) is 10.6 Å². The van der Waals surface area contributed by atoms with Crippen LogP contribution in [0.3, 0.4) is 0 Å². The molecule has 0 saturated carbocycles. The van der Waals surface area contributed by atoms with E-state index in [2.05, 4.69) is 0 Å². The highest BCUT2D eigenvalue weighted by Gasteiger charge is 2.34. The van der Waals surface area contributed by atoms with Gasteiger partial charge in [0.2, 0.25) is 0 Å². The van der Waals surface area contributed by atoms with Gasteiger partial charge in [-0.05, 0) is 38.0 Å². The van der Waals surface area contributed by atoms with Crippen molar-refractivity contribution < 1.29 is 18.1 Å². The summed E-state index contributed by atoms with van der Waals surface area (Å²) in [5.41, 5.74) is 3.74. The minimum absolute atomic E-state index is 0.280. The Hall–Kier alpha value is -2.98. The van der Waals surface area contributed by atoms with Crippen LogP contribution in [0.4, 0.5) is 11.4 Å². The fourth-order valence-electron chi connectivity index (χ4n) is 2.97. The summed E-state index contributed by atoms with van der Waals surface area (Å²) in [6, 6.07) is 8.53. The second-order valence-corrected chi connectivity index (χ2v) is 7.88. The van der Waals surface area contributed by atoms with Gasteiger partial charge in [0, 0.05) is 6.07 Å². The highest BCUT2D eigenvalue weighted by molar-refractivity contribution is 7.93. The number of carbonyl (C=O) groups is 1. The molecule has 0 bridgehead atoms. The molecule has 10 heteroatoms. The number of sulfonamides is 1. The number of amides is 1. The van der Waals surface area contributed by atoms with E-state index in [0.717, 1.165) is 22.0 Å². The van der Waals surface area contributed by atoms with E-state index in [4.69, 9.17) is 5.84 Å². The molecular formula is C17H20N4O5S. The predicted molar refractivity (Wildman–Crippen MR) is 101 cm³/mol. The van der Waals surface area contributed by atoms with Crippen LogP contribution in [0.2, 0.25) is 0 Å². The molecule has 27 heavy (non-hydrogen) atoms. The van der Waals surface area contributed by atoms with Crippen molar-refractivity contribution >= 4 is 27.3 Å². The second-order valence-electron chi connectivity index (χ2n) is 6.05. The lowest BCUT2D eigenvalue weighted by Gasteiger charge is -2.27. The fraction of sp³-hybridized carbons (Fsp3) is 0.235. The van der Waals surface area contributed by atoms with Gasteiger partial charge in [-0.3, -0.25) is 24.6 Å². The number of rotatable bonds is 6. The smallest absolute Gasteiger partial charge is 0.289 e. The number of hydrazine groups is 1. The predicted octanol–water partition coefficient (Wildman–Crippen LogP) is 1.71. The summed E-state index contributed by atoms with van der Waals surface area (Å²) in [6.45, 7) is 4.65. The number of hydrogen-bond donors (Lipinski definition) is 2. The first-order chi connectivity index (χ1) is 12.6. The van der Waals surface area contributed by atoms with Gasteiger partial charge in [-0.15, -0.1) is 0 Å². The zero-order valence-electron chi connectivity index (χ0n) is 15.1. The third-order valence-corrected chi connectivity index (χ3v) is 5.76. The van der Waals surface area contributed by atoms with Gasteiger partial charge in [0.1, 0.15) is 6.54 Å². The normalized spacial score (nSPS) is 11.1. The van der Waals surface area contributed by atoms with Gasteiger partial charge in [0.25, 0.3) is 21.6 Å². The van der Waals surface area contributed by atoms with Crippen molar-refractivity contribution in [1.82, 2.24) is 5.43 Å². The second kappa shape index (κ2) is 7.72. The first-order valence-electron chi connectivity index (χ1n) is 7.93. The number of anilines is 1. The van der Waals surface area contributed by atoms with Gasteiger partial charge in [-0.1, -0.05) is 29.8 Å². The molecule has 0 spiro atoms. The number of para-hydroxylation sites is 1. The van der Waals surface area contributed by atoms with E-state index in [1.165, 1.54) is 12.1 Å². The Bertz CT molecular complexity index is 981. The van der Waals surface area contributed by atoms with E-state index in [1.54, 1.807) is 26.0 Å². The van der Waals surface area contributed by atoms with Crippen LogP contribution in [0, 0.1) is 30.9 Å². The molecule has 2 aromatic carbocycles. The molecule has 0 unspecified atom stereocenters. The Morgan fingerprint density at radius 2 is 1.74 bits per heavy atom. The van der Waals surface area contributed by atoms with E-state index in [0.29, 0.717) is 11.1 Å². The number of nitro groups is 1. The van der Waals surface area contributed by atoms with Gasteiger partial charge in [0.15, 0.2) is 4.90 Å². The molecular weight excluding hydrogens is 372 g/mol. The highest BCUT2D eigenvalue weighted by atomic mass is 32.2. The first-order valence-corrected chi connectivity index (χ1v) is 9.37. The van der Waals surface area contributed by atoms with Crippen LogP contribution in [0.1, 0.15) is 16.7 Å². The molecule has 0 fully saturated rings. The summed E-state index contributed by atoms with van der Waals surface area (Å²) in [6.07, 6.45) is 0. The van der Waals surface area contributed by atoms with Crippen molar-refractivity contribution in [3.05, 3.63) is 63.2 Å². The van der Waals surface area contributed by atoms with E-state index in [1.807, 2.05) is 12.3 Å². The Morgan fingerprint density at radius 1 is 1.19 bits per heavy atom. The van der Waals surface area contributed by atoms with Gasteiger partial charge in [-0.2, -0.15) is 0 Å². The number of aryl methyl sites for hydroxylation is 3. The quantitative estimate of drug-likeness (QED) is 0.332. The molecule has 0 aliphatic heterocycles. The number of carbonyl (C=O) groups excluding carboxylic acids is 1. The molecule has 0 heterocycles. The minimum atomic E-state index is -4.42. The van der Waals surface area contributed by atoms with Crippen molar-refractivity contribution in [3.63, 3.8) is 0 Å². The van der Waals surface area contributed by atoms with Crippen LogP contribution < -0.4 is 15.6 Å². The third-order valence-electron chi connectivity index (χ3n) is 3.96. The van der Waals surface area contributed by atoms with Crippen LogP contribution in [0.15, 0.2) is 41.3 Å². The minimum Gasteiger partial charge on any atom is -0.293 e. The maximum absolute atomic E-state index is 13.3. The van der Waals surface area contributed by atoms with Gasteiger partial charge < -0.3 is 0 Å². The Morgan fingerprint density at radius 3 is 2.26 bits per heavy atom. The van der Waals surface area contributed by atoms with Crippen LogP contribution in [-0.2, 0) is 14.8 Å². The van der Waals surface area contributed by atoms with Crippen molar-refractivity contribution in [2.45, 2.75) is 25.7 Å². The van der Waals surface area contributed by atoms with E-state index in [9.17, 15) is 23.3 Å². The van der Waals surface area contributed by atoms with Crippen LogP contribution in [0.5, 0.6) is 0 Å². The highest BCUT2D eigenvalue weighted by Crippen LogP contribution is 2.33. The maximum atomic E-state index is 13.3. The summed E-state index contributed by atoms with van der Waals surface area (Å²) in [5.74, 6) is 4.38. The number of nitrogens with one attached hydrogen (secondary N) is 1. The van der Waals surface area contributed by atoms with Crippen LogP contribution in [0.25, 0.3) is 0 Å². The lowest BCUT2D eigenvalue weighted by molar-refractivity contribution is -0.387. The maximum Gasteiger partial charge on any atom is 0.289 e. The van der Waals surface area contributed by atoms with E-state index in [-0.39, 0.29) is 5.69 Å². The summed E-state index contributed by atoms with van der Waals surface area (Å²) in [4.78, 5) is 21.9. The van der Waals surface area contributed by atoms with Crippen molar-refractivity contribution in [1.29, 1.82) is 0 Å². The topological polar surface area (TPSA) is 136 Å². The first kappa shape index (κ1) is 20.3. The molecule has 0 aromatic heterocycles. The molecule has 0 atom stereocenters. The molecule has 0 radical (unpaired) electrons.